The first-order valence-electron chi connectivity index (χ1n) is 8.04. The summed E-state index contributed by atoms with van der Waals surface area (Å²) in [4.78, 5) is 15.9. The van der Waals surface area contributed by atoms with Crippen molar-refractivity contribution in [3.8, 4) is 0 Å². The van der Waals surface area contributed by atoms with E-state index in [1.165, 1.54) is 5.56 Å². The number of carbonyl (C=O) groups excluding carboxylic acids is 1. The minimum atomic E-state index is -0.381. The summed E-state index contributed by atoms with van der Waals surface area (Å²) in [6, 6.07) is 7.54. The van der Waals surface area contributed by atoms with E-state index in [9.17, 15) is 4.79 Å². The fraction of sp³-hybridized carbons (Fsp3) is 0.412. The fourth-order valence-electron chi connectivity index (χ4n) is 2.92. The van der Waals surface area contributed by atoms with Gasteiger partial charge in [0.1, 0.15) is 0 Å². The highest BCUT2D eigenvalue weighted by Crippen LogP contribution is 2.18. The molecule has 6 nitrogen and oxygen atoms in total. The molecule has 0 atom stereocenters. The van der Waals surface area contributed by atoms with E-state index < -0.39 is 0 Å². The second kappa shape index (κ2) is 6.83. The molecule has 0 bridgehead atoms. The zero-order chi connectivity index (χ0) is 16.2. The average Bonchev–Trinajstić information content (AvgIpc) is 3.03. The van der Waals surface area contributed by atoms with E-state index in [-0.39, 0.29) is 5.91 Å². The van der Waals surface area contributed by atoms with E-state index in [0.29, 0.717) is 5.56 Å². The van der Waals surface area contributed by atoms with Gasteiger partial charge in [0, 0.05) is 62.3 Å². The second-order valence-electron chi connectivity index (χ2n) is 5.88. The number of benzene rings is 1. The minimum Gasteiger partial charge on any atom is -0.369 e. The molecule has 2 aromatic rings. The van der Waals surface area contributed by atoms with Crippen molar-refractivity contribution in [2.75, 3.05) is 31.1 Å². The van der Waals surface area contributed by atoms with Gasteiger partial charge >= 0.3 is 0 Å². The van der Waals surface area contributed by atoms with Crippen LogP contribution in [0.15, 0.2) is 36.7 Å². The van der Waals surface area contributed by atoms with Crippen LogP contribution in [0.1, 0.15) is 22.8 Å². The highest BCUT2D eigenvalue weighted by atomic mass is 16.1. The number of rotatable bonds is 5. The Morgan fingerprint density at radius 2 is 1.87 bits per heavy atom. The first kappa shape index (κ1) is 15.6. The summed E-state index contributed by atoms with van der Waals surface area (Å²) in [5, 5.41) is 4.33. The van der Waals surface area contributed by atoms with E-state index >= 15 is 0 Å². The zero-order valence-corrected chi connectivity index (χ0v) is 13.5. The van der Waals surface area contributed by atoms with Gasteiger partial charge in [0.25, 0.3) is 0 Å². The Bertz CT molecular complexity index is 656. The number of primary amides is 1. The molecule has 1 aliphatic rings. The number of hydrogen-bond donors (Lipinski definition) is 1. The van der Waals surface area contributed by atoms with Crippen LogP contribution in [0.4, 0.5) is 5.69 Å². The maximum absolute atomic E-state index is 11.1. The molecule has 0 spiro atoms. The molecule has 0 radical (unpaired) electrons. The number of aromatic nitrogens is 2. The van der Waals surface area contributed by atoms with Crippen molar-refractivity contribution >= 4 is 11.6 Å². The molecule has 1 aliphatic heterocycles. The van der Waals surface area contributed by atoms with Gasteiger partial charge in [0.05, 0.1) is 6.20 Å². The first-order valence-corrected chi connectivity index (χ1v) is 8.04. The molecule has 1 fully saturated rings. The van der Waals surface area contributed by atoms with E-state index in [1.807, 2.05) is 23.0 Å². The molecule has 0 unspecified atom stereocenters. The second-order valence-corrected chi connectivity index (χ2v) is 5.88. The van der Waals surface area contributed by atoms with Gasteiger partial charge in [-0.15, -0.1) is 0 Å². The lowest BCUT2D eigenvalue weighted by molar-refractivity contribution is 0.100. The molecule has 0 aliphatic carbocycles. The van der Waals surface area contributed by atoms with E-state index in [0.717, 1.165) is 45.0 Å². The SMILES string of the molecule is CCn1cc(CN2CCN(c3ccc(C(N)=O)cc3)CC2)cn1. The van der Waals surface area contributed by atoms with Gasteiger partial charge in [0.15, 0.2) is 0 Å². The van der Waals surface area contributed by atoms with Crippen molar-refractivity contribution in [3.05, 3.63) is 47.8 Å². The average molecular weight is 313 g/mol. The first-order chi connectivity index (χ1) is 11.2. The van der Waals surface area contributed by atoms with Crippen LogP contribution in [0.25, 0.3) is 0 Å². The van der Waals surface area contributed by atoms with Crippen LogP contribution in [0, 0.1) is 0 Å². The lowest BCUT2D eigenvalue weighted by atomic mass is 10.1. The number of amides is 1. The Balaban J connectivity index is 1.54. The van der Waals surface area contributed by atoms with Crippen LogP contribution >= 0.6 is 0 Å². The van der Waals surface area contributed by atoms with Crippen LogP contribution in [0.2, 0.25) is 0 Å². The van der Waals surface area contributed by atoms with Crippen LogP contribution in [-0.4, -0.2) is 46.8 Å². The van der Waals surface area contributed by atoms with Crippen molar-refractivity contribution in [2.24, 2.45) is 5.73 Å². The van der Waals surface area contributed by atoms with Gasteiger partial charge in [-0.25, -0.2) is 0 Å². The summed E-state index contributed by atoms with van der Waals surface area (Å²) >= 11 is 0. The molecule has 23 heavy (non-hydrogen) atoms. The van der Waals surface area contributed by atoms with E-state index in [2.05, 4.69) is 28.0 Å². The standard InChI is InChI=1S/C17H23N5O/c1-2-22-13-14(11-19-22)12-20-7-9-21(10-8-20)16-5-3-15(4-6-16)17(18)23/h3-6,11,13H,2,7-10,12H2,1H3,(H2,18,23). The third-order valence-corrected chi connectivity index (χ3v) is 4.31. The number of anilines is 1. The molecule has 0 saturated carbocycles. The summed E-state index contributed by atoms with van der Waals surface area (Å²) < 4.78 is 1.96. The Morgan fingerprint density at radius 3 is 2.43 bits per heavy atom. The van der Waals surface area contributed by atoms with Crippen LogP contribution in [0.3, 0.4) is 0 Å². The van der Waals surface area contributed by atoms with Crippen LogP contribution in [0.5, 0.6) is 0 Å². The van der Waals surface area contributed by atoms with Crippen molar-refractivity contribution in [1.29, 1.82) is 0 Å². The van der Waals surface area contributed by atoms with Crippen LogP contribution in [-0.2, 0) is 13.1 Å². The highest BCUT2D eigenvalue weighted by molar-refractivity contribution is 5.93. The molecule has 1 saturated heterocycles. The predicted octanol–water partition coefficient (Wildman–Crippen LogP) is 1.32. The molecule has 1 aromatic heterocycles. The normalized spacial score (nSPS) is 15.8. The molecule has 6 heteroatoms. The molecular weight excluding hydrogens is 290 g/mol. The number of hydrogen-bond acceptors (Lipinski definition) is 4. The molecule has 1 aromatic carbocycles. The summed E-state index contributed by atoms with van der Waals surface area (Å²) in [6.45, 7) is 7.97. The monoisotopic (exact) mass is 313 g/mol. The van der Waals surface area contributed by atoms with Gasteiger partial charge in [-0.3, -0.25) is 14.4 Å². The Hall–Kier alpha value is -2.34. The number of nitrogens with zero attached hydrogens (tertiary/aromatic N) is 4. The van der Waals surface area contributed by atoms with Crippen molar-refractivity contribution in [2.45, 2.75) is 20.0 Å². The molecule has 122 valence electrons. The molecule has 1 amide bonds. The quantitative estimate of drug-likeness (QED) is 0.904. The number of piperazine rings is 1. The lowest BCUT2D eigenvalue weighted by Crippen LogP contribution is -2.45. The van der Waals surface area contributed by atoms with E-state index in [1.54, 1.807) is 12.1 Å². The summed E-state index contributed by atoms with van der Waals surface area (Å²) in [5.74, 6) is -0.381. The molecule has 2 N–H and O–H groups in total. The third kappa shape index (κ3) is 3.71. The molecule has 2 heterocycles. The van der Waals surface area contributed by atoms with Gasteiger partial charge in [0.2, 0.25) is 5.91 Å². The minimum absolute atomic E-state index is 0.381. The van der Waals surface area contributed by atoms with Crippen molar-refractivity contribution < 1.29 is 4.79 Å². The summed E-state index contributed by atoms with van der Waals surface area (Å²) in [6.07, 6.45) is 4.08. The van der Waals surface area contributed by atoms with Gasteiger partial charge in [-0.2, -0.15) is 5.10 Å². The van der Waals surface area contributed by atoms with Crippen molar-refractivity contribution in [3.63, 3.8) is 0 Å². The topological polar surface area (TPSA) is 67.4 Å². The summed E-state index contributed by atoms with van der Waals surface area (Å²) in [5.41, 5.74) is 8.25. The number of aryl methyl sites for hydroxylation is 1. The predicted molar refractivity (Wildman–Crippen MR) is 90.4 cm³/mol. The third-order valence-electron chi connectivity index (χ3n) is 4.31. The number of nitrogens with two attached hydrogens (primary N) is 1. The molecular formula is C17H23N5O. The van der Waals surface area contributed by atoms with Crippen molar-refractivity contribution in [1.82, 2.24) is 14.7 Å². The summed E-state index contributed by atoms with van der Waals surface area (Å²) in [7, 11) is 0. The number of carbonyl (C=O) groups is 1. The smallest absolute Gasteiger partial charge is 0.248 e. The van der Waals surface area contributed by atoms with Gasteiger partial charge < -0.3 is 10.6 Å². The van der Waals surface area contributed by atoms with Gasteiger partial charge in [-0.1, -0.05) is 0 Å². The van der Waals surface area contributed by atoms with E-state index in [4.69, 9.17) is 5.73 Å². The fourth-order valence-corrected chi connectivity index (χ4v) is 2.92. The Kier molecular flexibility index (Phi) is 4.62. The Labute approximate surface area is 136 Å². The van der Waals surface area contributed by atoms with Crippen LogP contribution < -0.4 is 10.6 Å². The van der Waals surface area contributed by atoms with Gasteiger partial charge in [-0.05, 0) is 31.2 Å². The zero-order valence-electron chi connectivity index (χ0n) is 13.5. The lowest BCUT2D eigenvalue weighted by Gasteiger charge is -2.36. The maximum atomic E-state index is 11.1. The Morgan fingerprint density at radius 1 is 1.17 bits per heavy atom. The molecule has 3 rings (SSSR count). The highest BCUT2D eigenvalue weighted by Gasteiger charge is 2.18. The maximum Gasteiger partial charge on any atom is 0.248 e. The largest absolute Gasteiger partial charge is 0.369 e.